The van der Waals surface area contributed by atoms with Crippen molar-refractivity contribution in [2.75, 3.05) is 5.32 Å². The third-order valence-electron chi connectivity index (χ3n) is 5.87. The molecule has 1 atom stereocenters. The van der Waals surface area contributed by atoms with Crippen molar-refractivity contribution in [3.8, 4) is 0 Å². The minimum atomic E-state index is -0.316. The molecule has 1 amide bonds. The van der Waals surface area contributed by atoms with Crippen molar-refractivity contribution in [3.05, 3.63) is 30.1 Å². The van der Waals surface area contributed by atoms with Crippen LogP contribution in [0.2, 0.25) is 0 Å². The maximum Gasteiger partial charge on any atom is 0.237 e. The quantitative estimate of drug-likeness (QED) is 0.853. The summed E-state index contributed by atoms with van der Waals surface area (Å²) in [5.74, 6) is 2.37. The van der Waals surface area contributed by atoms with Crippen molar-refractivity contribution in [2.24, 2.45) is 17.8 Å². The zero-order chi connectivity index (χ0) is 16.0. The Kier molecular flexibility index (Phi) is 3.91. The molecule has 4 aliphatic rings. The fourth-order valence-electron chi connectivity index (χ4n) is 5.41. The zero-order valence-electron chi connectivity index (χ0n) is 13.6. The summed E-state index contributed by atoms with van der Waals surface area (Å²) in [6.07, 6.45) is 8.14. The first kappa shape index (κ1) is 15.5. The molecule has 1 N–H and O–H groups in total. The summed E-state index contributed by atoms with van der Waals surface area (Å²) in [6.45, 7) is 2.00. The average molecular weight is 333 g/mol. The highest BCUT2D eigenvalue weighted by Gasteiger charge is 2.52. The van der Waals surface area contributed by atoms with E-state index >= 15 is 0 Å². The Morgan fingerprint density at radius 3 is 2.39 bits per heavy atom. The minimum Gasteiger partial charge on any atom is -0.325 e. The third-order valence-corrected chi connectivity index (χ3v) is 7.44. The Balaban J connectivity index is 1.41. The van der Waals surface area contributed by atoms with E-state index in [0.717, 1.165) is 17.8 Å². The molecule has 4 fully saturated rings. The highest BCUT2D eigenvalue weighted by atomic mass is 32.2. The lowest BCUT2D eigenvalue weighted by atomic mass is 9.56. The fourth-order valence-corrected chi connectivity index (χ4v) is 7.33. The molecule has 4 bridgehead atoms. The van der Waals surface area contributed by atoms with Gasteiger partial charge in [0.1, 0.15) is 5.82 Å². The molecule has 1 aromatic rings. The maximum atomic E-state index is 13.2. The van der Waals surface area contributed by atoms with E-state index in [9.17, 15) is 9.18 Å². The van der Waals surface area contributed by atoms with Crippen LogP contribution < -0.4 is 5.32 Å². The molecule has 0 heterocycles. The second-order valence-corrected chi connectivity index (χ2v) is 9.67. The number of amides is 1. The van der Waals surface area contributed by atoms with Crippen LogP contribution >= 0.6 is 11.8 Å². The molecule has 4 heteroatoms. The molecule has 4 saturated carbocycles. The van der Waals surface area contributed by atoms with Crippen molar-refractivity contribution in [3.63, 3.8) is 0 Å². The largest absolute Gasteiger partial charge is 0.325 e. The van der Waals surface area contributed by atoms with E-state index in [1.807, 2.05) is 18.7 Å². The maximum absolute atomic E-state index is 13.2. The summed E-state index contributed by atoms with van der Waals surface area (Å²) in [6, 6.07) is 6.13. The van der Waals surface area contributed by atoms with Gasteiger partial charge in [-0.3, -0.25) is 4.79 Å². The van der Waals surface area contributed by atoms with Crippen LogP contribution in [0.3, 0.4) is 0 Å². The number of halogens is 1. The Bertz CT molecular complexity index is 582. The number of rotatable bonds is 4. The summed E-state index contributed by atoms with van der Waals surface area (Å²) in [5.41, 5.74) is 0.549. The van der Waals surface area contributed by atoms with Gasteiger partial charge < -0.3 is 5.32 Å². The van der Waals surface area contributed by atoms with Gasteiger partial charge in [0, 0.05) is 10.4 Å². The van der Waals surface area contributed by atoms with E-state index < -0.39 is 0 Å². The first-order chi connectivity index (χ1) is 11.0. The number of anilines is 1. The number of carbonyl (C=O) groups excluding carboxylic acids is 1. The second kappa shape index (κ2) is 5.80. The van der Waals surface area contributed by atoms with E-state index in [2.05, 4.69) is 5.32 Å². The summed E-state index contributed by atoms with van der Waals surface area (Å²) in [4.78, 5) is 12.5. The number of benzene rings is 1. The first-order valence-electron chi connectivity index (χ1n) is 8.76. The van der Waals surface area contributed by atoms with Crippen LogP contribution in [0.15, 0.2) is 24.3 Å². The van der Waals surface area contributed by atoms with Crippen LogP contribution in [0, 0.1) is 23.6 Å². The summed E-state index contributed by atoms with van der Waals surface area (Å²) in [7, 11) is 0. The third kappa shape index (κ3) is 3.15. The average Bonchev–Trinajstić information content (AvgIpc) is 2.45. The Hall–Kier alpha value is -1.03. The summed E-state index contributed by atoms with van der Waals surface area (Å²) < 4.78 is 13.6. The van der Waals surface area contributed by atoms with Crippen molar-refractivity contribution in [1.29, 1.82) is 0 Å². The number of carbonyl (C=O) groups is 1. The molecule has 0 radical (unpaired) electrons. The van der Waals surface area contributed by atoms with Crippen molar-refractivity contribution in [1.82, 2.24) is 0 Å². The van der Waals surface area contributed by atoms with Crippen molar-refractivity contribution >= 4 is 23.4 Å². The van der Waals surface area contributed by atoms with E-state index in [4.69, 9.17) is 0 Å². The minimum absolute atomic E-state index is 0.00338. The van der Waals surface area contributed by atoms with Gasteiger partial charge in [0.2, 0.25) is 5.91 Å². The van der Waals surface area contributed by atoms with Gasteiger partial charge in [0.25, 0.3) is 0 Å². The molecule has 0 aliphatic heterocycles. The highest BCUT2D eigenvalue weighted by Crippen LogP contribution is 2.61. The van der Waals surface area contributed by atoms with Crippen LogP contribution in [0.25, 0.3) is 0 Å². The predicted octanol–water partition coefficient (Wildman–Crippen LogP) is 4.85. The Morgan fingerprint density at radius 2 is 1.83 bits per heavy atom. The molecule has 4 aliphatic carbocycles. The molecule has 2 nitrogen and oxygen atoms in total. The lowest BCUT2D eigenvalue weighted by molar-refractivity contribution is -0.115. The van der Waals surface area contributed by atoms with Crippen LogP contribution in [-0.4, -0.2) is 15.9 Å². The van der Waals surface area contributed by atoms with Crippen LogP contribution in [-0.2, 0) is 4.79 Å². The van der Waals surface area contributed by atoms with Gasteiger partial charge in [0.05, 0.1) is 5.25 Å². The normalized spacial score (nSPS) is 36.0. The van der Waals surface area contributed by atoms with Gasteiger partial charge in [-0.25, -0.2) is 4.39 Å². The summed E-state index contributed by atoms with van der Waals surface area (Å²) in [5, 5.41) is 2.78. The van der Waals surface area contributed by atoms with E-state index in [1.165, 1.54) is 50.7 Å². The van der Waals surface area contributed by atoms with Gasteiger partial charge in [-0.05, 0) is 81.4 Å². The number of hydrogen-bond donors (Lipinski definition) is 1. The van der Waals surface area contributed by atoms with Crippen LogP contribution in [0.4, 0.5) is 10.1 Å². The molecule has 1 aromatic carbocycles. The van der Waals surface area contributed by atoms with Gasteiger partial charge in [0.15, 0.2) is 0 Å². The zero-order valence-corrected chi connectivity index (χ0v) is 14.4. The van der Waals surface area contributed by atoms with E-state index in [0.29, 0.717) is 10.4 Å². The summed E-state index contributed by atoms with van der Waals surface area (Å²) >= 11 is 1.88. The number of hydrogen-bond acceptors (Lipinski definition) is 2. The predicted molar refractivity (Wildman–Crippen MR) is 93.0 cm³/mol. The van der Waals surface area contributed by atoms with Gasteiger partial charge in [-0.15, -0.1) is 11.8 Å². The van der Waals surface area contributed by atoms with Crippen molar-refractivity contribution < 1.29 is 9.18 Å². The number of thioether (sulfide) groups is 1. The van der Waals surface area contributed by atoms with Crippen LogP contribution in [0.5, 0.6) is 0 Å². The topological polar surface area (TPSA) is 29.1 Å². The molecule has 0 aromatic heterocycles. The molecule has 0 spiro atoms. The molecular formula is C19H24FNOS. The number of nitrogens with one attached hydrogen (secondary N) is 1. The second-order valence-electron chi connectivity index (χ2n) is 7.86. The molecule has 0 saturated heterocycles. The fraction of sp³-hybridized carbons (Fsp3) is 0.632. The highest BCUT2D eigenvalue weighted by molar-refractivity contribution is 8.01. The molecule has 0 unspecified atom stereocenters. The molecular weight excluding hydrogens is 309 g/mol. The molecule has 124 valence electrons. The van der Waals surface area contributed by atoms with E-state index in [1.54, 1.807) is 12.1 Å². The standard InChI is InChI=1S/C19H24FNOS/c1-12(18(22)21-17-4-2-3-16(20)8-17)23-19-9-13-5-14(10-19)7-15(6-13)11-19/h2-4,8,12-15H,5-7,9-11H2,1H3,(H,21,22)/t12-,13?,14?,15?,19?/m0/s1. The first-order valence-corrected chi connectivity index (χ1v) is 9.63. The van der Waals surface area contributed by atoms with Gasteiger partial charge >= 0.3 is 0 Å². The molecule has 23 heavy (non-hydrogen) atoms. The lowest BCUT2D eigenvalue weighted by Gasteiger charge is -2.57. The molecule has 5 rings (SSSR count). The van der Waals surface area contributed by atoms with Gasteiger partial charge in [-0.1, -0.05) is 6.07 Å². The smallest absolute Gasteiger partial charge is 0.237 e. The Morgan fingerprint density at radius 1 is 1.22 bits per heavy atom. The van der Waals surface area contributed by atoms with Crippen LogP contribution in [0.1, 0.15) is 45.4 Å². The lowest BCUT2D eigenvalue weighted by Crippen LogP contribution is -2.49. The monoisotopic (exact) mass is 333 g/mol. The van der Waals surface area contributed by atoms with E-state index in [-0.39, 0.29) is 17.0 Å². The Labute approximate surface area is 141 Å². The SMILES string of the molecule is C[C@H](SC12CC3CC(CC(C3)C1)C2)C(=O)Nc1cccc(F)c1. The van der Waals surface area contributed by atoms with Gasteiger partial charge in [-0.2, -0.15) is 0 Å². The van der Waals surface area contributed by atoms with Crippen molar-refractivity contribution in [2.45, 2.75) is 55.4 Å².